The van der Waals surface area contributed by atoms with Gasteiger partial charge in [0, 0.05) is 12.6 Å². The summed E-state index contributed by atoms with van der Waals surface area (Å²) in [4.78, 5) is 0. The summed E-state index contributed by atoms with van der Waals surface area (Å²) in [7, 11) is 0. The molecule has 2 nitrogen and oxygen atoms in total. The molecular weight excluding hydrogens is 234 g/mol. The van der Waals surface area contributed by atoms with Crippen LogP contribution in [0, 0.1) is 5.41 Å². The van der Waals surface area contributed by atoms with E-state index in [1.807, 2.05) is 0 Å². The van der Waals surface area contributed by atoms with E-state index in [9.17, 15) is 0 Å². The molecule has 1 aromatic carbocycles. The Morgan fingerprint density at radius 1 is 1.26 bits per heavy atom. The highest BCUT2D eigenvalue weighted by molar-refractivity contribution is 5.27. The minimum absolute atomic E-state index is 0.240. The summed E-state index contributed by atoms with van der Waals surface area (Å²) in [6.07, 6.45) is 4.18. The Hall–Kier alpha value is -1.02. The van der Waals surface area contributed by atoms with Crippen molar-refractivity contribution in [3.8, 4) is 5.75 Å². The molecule has 1 aliphatic carbocycles. The van der Waals surface area contributed by atoms with E-state index in [0.717, 1.165) is 12.3 Å². The normalized spacial score (nSPS) is 21.8. The van der Waals surface area contributed by atoms with Gasteiger partial charge in [-0.2, -0.15) is 0 Å². The first-order valence-electron chi connectivity index (χ1n) is 7.44. The predicted molar refractivity (Wildman–Crippen MR) is 80.5 cm³/mol. The molecule has 1 fully saturated rings. The molecule has 1 aromatic rings. The number of hydrogen-bond acceptors (Lipinski definition) is 2. The summed E-state index contributed by atoms with van der Waals surface area (Å²) in [5.74, 6) is 0.959. The maximum atomic E-state index is 5.65. The zero-order valence-electron chi connectivity index (χ0n) is 12.7. The van der Waals surface area contributed by atoms with Crippen molar-refractivity contribution in [2.75, 3.05) is 0 Å². The molecule has 0 spiro atoms. The van der Waals surface area contributed by atoms with Crippen molar-refractivity contribution >= 4 is 0 Å². The largest absolute Gasteiger partial charge is 0.491 e. The lowest BCUT2D eigenvalue weighted by Crippen LogP contribution is -2.26. The van der Waals surface area contributed by atoms with Crippen molar-refractivity contribution in [3.63, 3.8) is 0 Å². The second kappa shape index (κ2) is 5.96. The Morgan fingerprint density at radius 3 is 2.47 bits per heavy atom. The molecule has 19 heavy (non-hydrogen) atoms. The first-order valence-corrected chi connectivity index (χ1v) is 7.44. The molecule has 1 atom stereocenters. The Morgan fingerprint density at radius 2 is 1.95 bits per heavy atom. The van der Waals surface area contributed by atoms with Gasteiger partial charge in [0.2, 0.25) is 0 Å². The number of rotatable bonds is 5. The lowest BCUT2D eigenvalue weighted by Gasteiger charge is -2.18. The monoisotopic (exact) mass is 261 g/mol. The summed E-state index contributed by atoms with van der Waals surface area (Å²) in [5.41, 5.74) is 1.85. The Bertz CT molecular complexity index is 394. The molecule has 1 aliphatic rings. The summed E-state index contributed by atoms with van der Waals surface area (Å²) < 4.78 is 5.65. The average Bonchev–Trinajstić information content (AvgIpc) is 2.67. The van der Waals surface area contributed by atoms with Gasteiger partial charge in [-0.15, -0.1) is 0 Å². The Kier molecular flexibility index (Phi) is 4.51. The fourth-order valence-corrected chi connectivity index (χ4v) is 2.83. The quantitative estimate of drug-likeness (QED) is 0.860. The molecule has 2 heteroatoms. The molecule has 1 saturated carbocycles. The number of hydrogen-bond donors (Lipinski definition) is 1. The fourth-order valence-electron chi connectivity index (χ4n) is 2.83. The van der Waals surface area contributed by atoms with E-state index in [2.05, 4.69) is 57.3 Å². The third-order valence-corrected chi connectivity index (χ3v) is 3.86. The first-order chi connectivity index (χ1) is 8.94. The molecule has 0 aromatic heterocycles. The maximum absolute atomic E-state index is 5.65. The van der Waals surface area contributed by atoms with E-state index in [1.165, 1.54) is 24.8 Å². The van der Waals surface area contributed by atoms with Crippen LogP contribution in [0.2, 0.25) is 0 Å². The van der Waals surface area contributed by atoms with Gasteiger partial charge in [-0.25, -0.2) is 0 Å². The van der Waals surface area contributed by atoms with Crippen LogP contribution in [0.1, 0.15) is 52.5 Å². The van der Waals surface area contributed by atoms with Crippen LogP contribution >= 0.6 is 0 Å². The van der Waals surface area contributed by atoms with Crippen LogP contribution in [-0.4, -0.2) is 12.1 Å². The van der Waals surface area contributed by atoms with Crippen LogP contribution in [0.3, 0.4) is 0 Å². The highest BCUT2D eigenvalue weighted by Gasteiger charge is 2.30. The molecule has 106 valence electrons. The molecule has 1 unspecified atom stereocenters. The second-order valence-electron chi connectivity index (χ2n) is 6.80. The third-order valence-electron chi connectivity index (χ3n) is 3.86. The summed E-state index contributed by atoms with van der Waals surface area (Å²) in [5, 5.41) is 3.67. The van der Waals surface area contributed by atoms with Gasteiger partial charge < -0.3 is 10.1 Å². The van der Waals surface area contributed by atoms with E-state index in [4.69, 9.17) is 4.74 Å². The van der Waals surface area contributed by atoms with Crippen LogP contribution in [-0.2, 0) is 6.54 Å². The fraction of sp³-hybridized carbons (Fsp3) is 0.647. The minimum Gasteiger partial charge on any atom is -0.491 e. The van der Waals surface area contributed by atoms with Crippen LogP contribution in [0.4, 0.5) is 0 Å². The zero-order chi connectivity index (χ0) is 13.9. The Labute approximate surface area is 117 Å². The molecule has 1 N–H and O–H groups in total. The van der Waals surface area contributed by atoms with Crippen molar-refractivity contribution in [1.82, 2.24) is 5.32 Å². The van der Waals surface area contributed by atoms with Gasteiger partial charge in [0.15, 0.2) is 0 Å². The van der Waals surface area contributed by atoms with Gasteiger partial charge in [0.25, 0.3) is 0 Å². The van der Waals surface area contributed by atoms with Gasteiger partial charge in [-0.3, -0.25) is 0 Å². The Balaban J connectivity index is 1.80. The topological polar surface area (TPSA) is 21.3 Å². The summed E-state index contributed by atoms with van der Waals surface area (Å²) in [6, 6.07) is 9.13. The second-order valence-corrected chi connectivity index (χ2v) is 6.80. The van der Waals surface area contributed by atoms with E-state index >= 15 is 0 Å². The average molecular weight is 261 g/mol. The zero-order valence-corrected chi connectivity index (χ0v) is 12.7. The molecule has 0 saturated heterocycles. The predicted octanol–water partition coefficient (Wildman–Crippen LogP) is 4.14. The van der Waals surface area contributed by atoms with Crippen LogP contribution in [0.15, 0.2) is 24.3 Å². The van der Waals surface area contributed by atoms with E-state index in [-0.39, 0.29) is 6.10 Å². The van der Waals surface area contributed by atoms with Crippen molar-refractivity contribution in [2.45, 2.75) is 65.6 Å². The van der Waals surface area contributed by atoms with Gasteiger partial charge in [-0.1, -0.05) is 26.0 Å². The number of ether oxygens (including phenoxy) is 1. The van der Waals surface area contributed by atoms with Gasteiger partial charge in [0.1, 0.15) is 5.75 Å². The maximum Gasteiger partial charge on any atom is 0.119 e. The lowest BCUT2D eigenvalue weighted by molar-refractivity contribution is 0.242. The molecule has 0 radical (unpaired) electrons. The van der Waals surface area contributed by atoms with Gasteiger partial charge >= 0.3 is 0 Å². The van der Waals surface area contributed by atoms with E-state index in [1.54, 1.807) is 0 Å². The molecular formula is C17H27NO. The van der Waals surface area contributed by atoms with Gasteiger partial charge in [-0.05, 0) is 56.2 Å². The highest BCUT2D eigenvalue weighted by Crippen LogP contribution is 2.36. The summed E-state index contributed by atoms with van der Waals surface area (Å²) in [6.45, 7) is 9.80. The number of benzene rings is 1. The summed E-state index contributed by atoms with van der Waals surface area (Å²) >= 11 is 0. The van der Waals surface area contributed by atoms with Crippen LogP contribution in [0.5, 0.6) is 5.75 Å². The smallest absolute Gasteiger partial charge is 0.119 e. The van der Waals surface area contributed by atoms with Crippen molar-refractivity contribution < 1.29 is 4.74 Å². The molecule has 2 rings (SSSR count). The first kappa shape index (κ1) is 14.4. The molecule has 0 heterocycles. The molecule has 0 amide bonds. The van der Waals surface area contributed by atoms with E-state index < -0.39 is 0 Å². The van der Waals surface area contributed by atoms with Crippen LogP contribution in [0.25, 0.3) is 0 Å². The minimum atomic E-state index is 0.240. The van der Waals surface area contributed by atoms with Gasteiger partial charge in [0.05, 0.1) is 6.10 Å². The van der Waals surface area contributed by atoms with Crippen molar-refractivity contribution in [3.05, 3.63) is 29.8 Å². The highest BCUT2D eigenvalue weighted by atomic mass is 16.5. The van der Waals surface area contributed by atoms with E-state index in [0.29, 0.717) is 11.5 Å². The van der Waals surface area contributed by atoms with Crippen LogP contribution < -0.4 is 10.1 Å². The van der Waals surface area contributed by atoms with Crippen molar-refractivity contribution in [2.24, 2.45) is 5.41 Å². The third kappa shape index (κ3) is 4.54. The molecule has 0 aliphatic heterocycles. The lowest BCUT2D eigenvalue weighted by atomic mass is 9.92. The SMILES string of the molecule is CC(C)Oc1ccc(CNC2CCC(C)(C)C2)cc1. The standard InChI is InChI=1S/C17H27NO/c1-13(2)19-16-7-5-14(6-8-16)12-18-15-9-10-17(3,4)11-15/h5-8,13,15,18H,9-12H2,1-4H3. The number of nitrogens with one attached hydrogen (secondary N) is 1. The van der Waals surface area contributed by atoms with Crippen molar-refractivity contribution in [1.29, 1.82) is 0 Å². The molecule has 0 bridgehead atoms.